The predicted molar refractivity (Wildman–Crippen MR) is 127 cm³/mol. The molecule has 1 aliphatic rings. The number of imide groups is 1. The van der Waals surface area contributed by atoms with E-state index in [2.05, 4.69) is 17.2 Å². The quantitative estimate of drug-likeness (QED) is 0.452. The molecule has 1 aromatic heterocycles. The molecule has 2 aromatic carbocycles. The zero-order chi connectivity index (χ0) is 23.4. The first-order valence-electron chi connectivity index (χ1n) is 10.9. The van der Waals surface area contributed by atoms with Crippen LogP contribution in [0, 0.1) is 0 Å². The van der Waals surface area contributed by atoms with Gasteiger partial charge < -0.3 is 14.8 Å². The minimum atomic E-state index is -1.03. The number of carbonyl (C=O) groups excluding carboxylic acids is 2. The Bertz CT molecular complexity index is 1150. The van der Waals surface area contributed by atoms with Gasteiger partial charge in [0.2, 0.25) is 0 Å². The number of methoxy groups -OCH3 is 2. The van der Waals surface area contributed by atoms with Crippen LogP contribution >= 0.6 is 11.3 Å². The van der Waals surface area contributed by atoms with E-state index in [1.54, 1.807) is 14.2 Å². The molecule has 0 spiro atoms. The fraction of sp³-hybridized carbons (Fsp3) is 0.320. The lowest BCUT2D eigenvalue weighted by Crippen LogP contribution is -2.44. The van der Waals surface area contributed by atoms with Gasteiger partial charge in [-0.15, -0.1) is 11.3 Å². The van der Waals surface area contributed by atoms with Crippen LogP contribution in [-0.2, 0) is 16.9 Å². The second-order valence-electron chi connectivity index (χ2n) is 7.91. The minimum absolute atomic E-state index is 0.120. The van der Waals surface area contributed by atoms with Gasteiger partial charge in [0.15, 0.2) is 11.5 Å². The van der Waals surface area contributed by atoms with E-state index >= 15 is 0 Å². The van der Waals surface area contributed by atoms with Crippen molar-refractivity contribution in [3.63, 3.8) is 0 Å². The average Bonchev–Trinajstić information content (AvgIpc) is 3.42. The van der Waals surface area contributed by atoms with Crippen LogP contribution < -0.4 is 14.8 Å². The highest BCUT2D eigenvalue weighted by Crippen LogP contribution is 2.36. The van der Waals surface area contributed by atoms with E-state index in [1.807, 2.05) is 53.9 Å². The summed E-state index contributed by atoms with van der Waals surface area (Å²) >= 11 is 1.45. The number of unbranched alkanes of at least 4 members (excludes halogenated alkanes) is 1. The number of thiazole rings is 1. The highest BCUT2D eigenvalue weighted by Gasteiger charge is 2.51. The summed E-state index contributed by atoms with van der Waals surface area (Å²) in [6.45, 7) is 2.19. The number of benzene rings is 2. The molecule has 0 aliphatic carbocycles. The van der Waals surface area contributed by atoms with Crippen LogP contribution in [0.4, 0.5) is 4.79 Å². The Morgan fingerprint density at radius 2 is 1.82 bits per heavy atom. The maximum atomic E-state index is 13.6. The first-order chi connectivity index (χ1) is 16.0. The SMILES string of the molecule is CCCCC1(c2ccccc2)NC(=O)N(Cc2csc(-c3ccc(OC)c(OC)c3)n2)C1=O. The first kappa shape index (κ1) is 22.8. The lowest BCUT2D eigenvalue weighted by molar-refractivity contribution is -0.132. The molecular formula is C25H27N3O4S. The Hall–Kier alpha value is -3.39. The number of ether oxygens (including phenoxy) is 2. The monoisotopic (exact) mass is 465 g/mol. The van der Waals surface area contributed by atoms with Crippen molar-refractivity contribution in [2.24, 2.45) is 0 Å². The van der Waals surface area contributed by atoms with Crippen LogP contribution in [-0.4, -0.2) is 36.0 Å². The van der Waals surface area contributed by atoms with Crippen LogP contribution in [0.1, 0.15) is 37.4 Å². The van der Waals surface area contributed by atoms with Crippen LogP contribution in [0.3, 0.4) is 0 Å². The van der Waals surface area contributed by atoms with Crippen molar-refractivity contribution in [1.82, 2.24) is 15.2 Å². The van der Waals surface area contributed by atoms with Gasteiger partial charge in [0, 0.05) is 10.9 Å². The van der Waals surface area contributed by atoms with Crippen molar-refractivity contribution in [2.45, 2.75) is 38.3 Å². The lowest BCUT2D eigenvalue weighted by atomic mass is 9.85. The molecule has 3 aromatic rings. The molecule has 1 saturated heterocycles. The van der Waals surface area contributed by atoms with Crippen molar-refractivity contribution in [3.8, 4) is 22.1 Å². The fourth-order valence-corrected chi connectivity index (χ4v) is 4.90. The van der Waals surface area contributed by atoms with E-state index < -0.39 is 5.54 Å². The minimum Gasteiger partial charge on any atom is -0.493 e. The Morgan fingerprint density at radius 3 is 2.52 bits per heavy atom. The summed E-state index contributed by atoms with van der Waals surface area (Å²) in [7, 11) is 3.18. The molecule has 0 bridgehead atoms. The van der Waals surface area contributed by atoms with Crippen LogP contribution in [0.25, 0.3) is 10.6 Å². The fourth-order valence-electron chi connectivity index (χ4n) is 4.09. The second kappa shape index (κ2) is 9.62. The van der Waals surface area contributed by atoms with Gasteiger partial charge in [0.25, 0.3) is 5.91 Å². The van der Waals surface area contributed by atoms with Gasteiger partial charge in [0.05, 0.1) is 26.5 Å². The molecule has 172 valence electrons. The molecule has 1 N–H and O–H groups in total. The van der Waals surface area contributed by atoms with E-state index in [0.29, 0.717) is 23.6 Å². The third-order valence-electron chi connectivity index (χ3n) is 5.85. The van der Waals surface area contributed by atoms with Gasteiger partial charge in [-0.3, -0.25) is 9.69 Å². The number of nitrogens with zero attached hydrogens (tertiary/aromatic N) is 2. The normalized spacial score (nSPS) is 17.8. The zero-order valence-corrected chi connectivity index (χ0v) is 19.8. The van der Waals surface area contributed by atoms with Crippen molar-refractivity contribution in [3.05, 3.63) is 65.2 Å². The maximum Gasteiger partial charge on any atom is 0.325 e. The van der Waals surface area contributed by atoms with Gasteiger partial charge in [-0.1, -0.05) is 50.1 Å². The average molecular weight is 466 g/mol. The van der Waals surface area contributed by atoms with Crippen molar-refractivity contribution in [2.75, 3.05) is 14.2 Å². The molecule has 0 radical (unpaired) electrons. The topological polar surface area (TPSA) is 80.8 Å². The third-order valence-corrected chi connectivity index (χ3v) is 6.79. The number of nitrogens with one attached hydrogen (secondary N) is 1. The smallest absolute Gasteiger partial charge is 0.325 e. The highest BCUT2D eigenvalue weighted by atomic mass is 32.1. The van der Waals surface area contributed by atoms with E-state index in [1.165, 1.54) is 16.2 Å². The lowest BCUT2D eigenvalue weighted by Gasteiger charge is -2.27. The van der Waals surface area contributed by atoms with Gasteiger partial charge in [-0.25, -0.2) is 9.78 Å². The number of rotatable bonds is 9. The molecule has 8 heteroatoms. The van der Waals surface area contributed by atoms with E-state index in [4.69, 9.17) is 9.47 Å². The molecule has 4 rings (SSSR count). The first-order valence-corrected chi connectivity index (χ1v) is 11.8. The zero-order valence-electron chi connectivity index (χ0n) is 19.0. The Kier molecular flexibility index (Phi) is 6.65. The highest BCUT2D eigenvalue weighted by molar-refractivity contribution is 7.13. The summed E-state index contributed by atoms with van der Waals surface area (Å²) in [6.07, 6.45) is 2.32. The number of amides is 3. The number of carbonyl (C=O) groups is 2. The molecular weight excluding hydrogens is 438 g/mol. The summed E-state index contributed by atoms with van der Waals surface area (Å²) in [4.78, 5) is 32.4. The van der Waals surface area contributed by atoms with E-state index in [9.17, 15) is 9.59 Å². The summed E-state index contributed by atoms with van der Waals surface area (Å²) in [5.41, 5.74) is 1.32. The maximum absolute atomic E-state index is 13.6. The molecule has 1 fully saturated rings. The standard InChI is InChI=1S/C25H27N3O4S/c1-4-5-13-25(18-9-7-6-8-10-18)23(29)28(24(30)27-25)15-19-16-33-22(26-19)17-11-12-20(31-2)21(14-17)32-3/h6-12,14,16H,4-5,13,15H2,1-3H3,(H,27,30). The summed E-state index contributed by atoms with van der Waals surface area (Å²) in [6, 6.07) is 14.7. The Morgan fingerprint density at radius 1 is 1.06 bits per heavy atom. The Balaban J connectivity index is 1.58. The van der Waals surface area contributed by atoms with Gasteiger partial charge in [-0.05, 0) is 30.2 Å². The number of hydrogen-bond donors (Lipinski definition) is 1. The molecule has 33 heavy (non-hydrogen) atoms. The van der Waals surface area contributed by atoms with Crippen LogP contribution in [0.15, 0.2) is 53.9 Å². The number of urea groups is 1. The van der Waals surface area contributed by atoms with Crippen LogP contribution in [0.2, 0.25) is 0 Å². The van der Waals surface area contributed by atoms with Crippen molar-refractivity contribution in [1.29, 1.82) is 0 Å². The number of hydrogen-bond acceptors (Lipinski definition) is 6. The van der Waals surface area contributed by atoms with E-state index in [0.717, 1.165) is 29.0 Å². The molecule has 0 saturated carbocycles. The molecule has 3 amide bonds. The predicted octanol–water partition coefficient (Wildman–Crippen LogP) is 4.96. The largest absolute Gasteiger partial charge is 0.493 e. The van der Waals surface area contributed by atoms with Crippen molar-refractivity contribution < 1.29 is 19.1 Å². The molecule has 2 heterocycles. The second-order valence-corrected chi connectivity index (χ2v) is 8.77. The van der Waals surface area contributed by atoms with Crippen LogP contribution in [0.5, 0.6) is 11.5 Å². The van der Waals surface area contributed by atoms with E-state index in [-0.39, 0.29) is 18.5 Å². The van der Waals surface area contributed by atoms with Gasteiger partial charge >= 0.3 is 6.03 Å². The molecule has 7 nitrogen and oxygen atoms in total. The molecule has 1 aliphatic heterocycles. The van der Waals surface area contributed by atoms with Gasteiger partial charge in [-0.2, -0.15) is 0 Å². The Labute approximate surface area is 197 Å². The number of aromatic nitrogens is 1. The summed E-state index contributed by atoms with van der Waals surface area (Å²) < 4.78 is 10.7. The summed E-state index contributed by atoms with van der Waals surface area (Å²) in [5.74, 6) is 1.03. The van der Waals surface area contributed by atoms with Crippen molar-refractivity contribution >= 4 is 23.3 Å². The van der Waals surface area contributed by atoms with Gasteiger partial charge in [0.1, 0.15) is 10.5 Å². The third kappa shape index (κ3) is 4.30. The summed E-state index contributed by atoms with van der Waals surface area (Å²) in [5, 5.41) is 5.64. The molecule has 1 unspecified atom stereocenters. The molecule has 1 atom stereocenters.